The molecule has 0 bridgehead atoms. The molecule has 0 amide bonds. The molecular formula is C12H17NO2S2. The van der Waals surface area contributed by atoms with Crippen LogP contribution in [0.5, 0.6) is 0 Å². The fraction of sp³-hybridized carbons (Fsp3) is 0.500. The van der Waals surface area contributed by atoms with E-state index in [9.17, 15) is 8.42 Å². The molecule has 0 saturated carbocycles. The van der Waals surface area contributed by atoms with Crippen molar-refractivity contribution in [1.82, 2.24) is 5.32 Å². The third kappa shape index (κ3) is 2.84. The second-order valence-electron chi connectivity index (χ2n) is 4.37. The molecule has 0 aromatic heterocycles. The predicted octanol–water partition coefficient (Wildman–Crippen LogP) is 1.89. The van der Waals surface area contributed by atoms with Gasteiger partial charge in [0.15, 0.2) is 9.84 Å². The highest BCUT2D eigenvalue weighted by Gasteiger charge is 2.19. The normalized spacial score (nSPS) is 20.7. The van der Waals surface area contributed by atoms with Crippen LogP contribution in [-0.2, 0) is 9.84 Å². The minimum Gasteiger partial charge on any atom is -0.316 e. The number of nitrogens with one attached hydrogen (secondary N) is 1. The molecule has 0 radical (unpaired) electrons. The lowest BCUT2D eigenvalue weighted by Gasteiger charge is -2.12. The van der Waals surface area contributed by atoms with Crippen LogP contribution in [0.15, 0.2) is 28.0 Å². The quantitative estimate of drug-likeness (QED) is 0.853. The first-order chi connectivity index (χ1) is 8.02. The Balaban J connectivity index is 2.40. The largest absolute Gasteiger partial charge is 0.316 e. The molecule has 1 aliphatic heterocycles. The van der Waals surface area contributed by atoms with E-state index in [2.05, 4.69) is 5.32 Å². The van der Waals surface area contributed by atoms with Crippen LogP contribution in [0.4, 0.5) is 0 Å². The number of benzene rings is 1. The predicted molar refractivity (Wildman–Crippen MR) is 71.6 cm³/mol. The monoisotopic (exact) mass is 271 g/mol. The summed E-state index contributed by atoms with van der Waals surface area (Å²) in [6.07, 6.45) is 4.31. The van der Waals surface area contributed by atoms with E-state index in [1.54, 1.807) is 6.07 Å². The second kappa shape index (κ2) is 5.00. The Morgan fingerprint density at radius 3 is 2.71 bits per heavy atom. The Bertz CT molecular complexity index is 505. The lowest BCUT2D eigenvalue weighted by molar-refractivity contribution is 0.599. The Labute approximate surface area is 107 Å². The van der Waals surface area contributed by atoms with Gasteiger partial charge in [-0.2, -0.15) is 0 Å². The molecule has 5 heteroatoms. The Morgan fingerprint density at radius 2 is 2.18 bits per heavy atom. The van der Waals surface area contributed by atoms with Crippen molar-refractivity contribution in [3.05, 3.63) is 23.8 Å². The van der Waals surface area contributed by atoms with Crippen molar-refractivity contribution in [2.24, 2.45) is 0 Å². The topological polar surface area (TPSA) is 46.2 Å². The van der Waals surface area contributed by atoms with E-state index in [0.717, 1.165) is 24.4 Å². The van der Waals surface area contributed by atoms with Gasteiger partial charge in [0, 0.05) is 17.7 Å². The first-order valence-electron chi connectivity index (χ1n) is 5.61. The molecule has 1 fully saturated rings. The van der Waals surface area contributed by atoms with Crippen LogP contribution in [0.25, 0.3) is 0 Å². The van der Waals surface area contributed by atoms with Crippen molar-refractivity contribution in [3.63, 3.8) is 0 Å². The highest BCUT2D eigenvalue weighted by molar-refractivity contribution is 7.99. The van der Waals surface area contributed by atoms with Crippen LogP contribution in [0.2, 0.25) is 0 Å². The van der Waals surface area contributed by atoms with Gasteiger partial charge < -0.3 is 5.32 Å². The summed E-state index contributed by atoms with van der Waals surface area (Å²) in [6.45, 7) is 2.04. The van der Waals surface area contributed by atoms with Gasteiger partial charge in [0.1, 0.15) is 0 Å². The second-order valence-corrected chi connectivity index (χ2v) is 7.20. The first-order valence-corrected chi connectivity index (χ1v) is 8.72. The van der Waals surface area contributed by atoms with Gasteiger partial charge in [-0.05, 0) is 42.8 Å². The van der Waals surface area contributed by atoms with Gasteiger partial charge in [-0.1, -0.05) is 6.07 Å². The van der Waals surface area contributed by atoms with Crippen molar-refractivity contribution < 1.29 is 8.42 Å². The molecule has 1 heterocycles. The Morgan fingerprint density at radius 1 is 1.41 bits per heavy atom. The standard InChI is InChI=1S/C12H17NO2S2/c1-16-11-7-9(10-5-6-13-8-10)3-4-12(11)17(2,14)15/h3-4,7,10,13H,5-6,8H2,1-2H3. The van der Waals surface area contributed by atoms with E-state index in [0.29, 0.717) is 10.8 Å². The summed E-state index contributed by atoms with van der Waals surface area (Å²) in [5.74, 6) is 0.523. The maximum absolute atomic E-state index is 11.6. The number of hydrogen-bond donors (Lipinski definition) is 1. The molecular weight excluding hydrogens is 254 g/mol. The molecule has 1 N–H and O–H groups in total. The summed E-state index contributed by atoms with van der Waals surface area (Å²) in [5.41, 5.74) is 1.24. The van der Waals surface area contributed by atoms with Gasteiger partial charge >= 0.3 is 0 Å². The number of thioether (sulfide) groups is 1. The third-order valence-corrected chi connectivity index (χ3v) is 5.18. The zero-order valence-corrected chi connectivity index (χ0v) is 11.7. The van der Waals surface area contributed by atoms with E-state index in [1.165, 1.54) is 23.6 Å². The highest BCUT2D eigenvalue weighted by atomic mass is 32.2. The summed E-state index contributed by atoms with van der Waals surface area (Å²) in [4.78, 5) is 1.30. The van der Waals surface area contributed by atoms with E-state index in [4.69, 9.17) is 0 Å². The molecule has 3 nitrogen and oxygen atoms in total. The van der Waals surface area contributed by atoms with Crippen molar-refractivity contribution in [3.8, 4) is 0 Å². The fourth-order valence-corrected chi connectivity index (χ4v) is 4.15. The van der Waals surface area contributed by atoms with E-state index in [-0.39, 0.29) is 0 Å². The molecule has 1 saturated heterocycles. The van der Waals surface area contributed by atoms with Gasteiger partial charge in [-0.3, -0.25) is 0 Å². The summed E-state index contributed by atoms with van der Waals surface area (Å²) in [7, 11) is -3.12. The van der Waals surface area contributed by atoms with E-state index in [1.807, 2.05) is 18.4 Å². The van der Waals surface area contributed by atoms with Crippen LogP contribution in [-0.4, -0.2) is 34.0 Å². The van der Waals surface area contributed by atoms with Gasteiger partial charge in [0.25, 0.3) is 0 Å². The molecule has 17 heavy (non-hydrogen) atoms. The number of sulfone groups is 1. The molecule has 1 unspecified atom stereocenters. The highest BCUT2D eigenvalue weighted by Crippen LogP contribution is 2.30. The van der Waals surface area contributed by atoms with Gasteiger partial charge in [0.2, 0.25) is 0 Å². The van der Waals surface area contributed by atoms with Crippen LogP contribution in [0, 0.1) is 0 Å². The van der Waals surface area contributed by atoms with Gasteiger partial charge in [-0.25, -0.2) is 8.42 Å². The SMILES string of the molecule is CSc1cc(C2CCNC2)ccc1S(C)(=O)=O. The van der Waals surface area contributed by atoms with Gasteiger partial charge in [-0.15, -0.1) is 11.8 Å². The minimum absolute atomic E-state index is 0.444. The molecule has 0 aliphatic carbocycles. The summed E-state index contributed by atoms with van der Waals surface area (Å²) < 4.78 is 23.2. The number of hydrogen-bond acceptors (Lipinski definition) is 4. The number of rotatable bonds is 3. The maximum atomic E-state index is 11.6. The summed E-state index contributed by atoms with van der Waals surface area (Å²) >= 11 is 1.50. The lowest BCUT2D eigenvalue weighted by Crippen LogP contribution is -2.08. The smallest absolute Gasteiger partial charge is 0.176 e. The summed E-state index contributed by atoms with van der Waals surface area (Å²) in [5, 5.41) is 3.33. The van der Waals surface area contributed by atoms with Crippen LogP contribution in [0.3, 0.4) is 0 Å². The molecule has 1 aliphatic rings. The third-order valence-electron chi connectivity index (χ3n) is 3.12. The minimum atomic E-state index is -3.12. The van der Waals surface area contributed by atoms with Crippen LogP contribution >= 0.6 is 11.8 Å². The zero-order valence-electron chi connectivity index (χ0n) is 10.1. The molecule has 0 spiro atoms. The maximum Gasteiger partial charge on any atom is 0.176 e. The Kier molecular flexibility index (Phi) is 3.80. The van der Waals surface area contributed by atoms with Crippen molar-refractivity contribution in [1.29, 1.82) is 0 Å². The van der Waals surface area contributed by atoms with Crippen LogP contribution < -0.4 is 5.32 Å². The van der Waals surface area contributed by atoms with Crippen molar-refractivity contribution in [2.45, 2.75) is 22.1 Å². The van der Waals surface area contributed by atoms with E-state index >= 15 is 0 Å². The lowest BCUT2D eigenvalue weighted by atomic mass is 9.99. The van der Waals surface area contributed by atoms with Gasteiger partial charge in [0.05, 0.1) is 4.90 Å². The van der Waals surface area contributed by atoms with Crippen molar-refractivity contribution >= 4 is 21.6 Å². The average Bonchev–Trinajstić information content (AvgIpc) is 2.80. The molecule has 1 aromatic carbocycles. The first kappa shape index (κ1) is 12.9. The molecule has 1 aromatic rings. The van der Waals surface area contributed by atoms with Crippen molar-refractivity contribution in [2.75, 3.05) is 25.6 Å². The van der Waals surface area contributed by atoms with E-state index < -0.39 is 9.84 Å². The fourth-order valence-electron chi connectivity index (χ4n) is 2.18. The molecule has 1 atom stereocenters. The molecule has 94 valence electrons. The summed E-state index contributed by atoms with van der Waals surface area (Å²) in [6, 6.07) is 5.72. The van der Waals surface area contributed by atoms with Crippen LogP contribution in [0.1, 0.15) is 17.9 Å². The zero-order chi connectivity index (χ0) is 12.5. The molecule has 2 rings (SSSR count). The average molecular weight is 271 g/mol. The Hall–Kier alpha value is -0.520.